The molecule has 7 heteroatoms. The maximum absolute atomic E-state index is 12.9. The van der Waals surface area contributed by atoms with Crippen LogP contribution in [0.5, 0.6) is 0 Å². The predicted octanol–water partition coefficient (Wildman–Crippen LogP) is 1.70. The van der Waals surface area contributed by atoms with E-state index in [-0.39, 0.29) is 11.2 Å². The van der Waals surface area contributed by atoms with Gasteiger partial charge in [-0.3, -0.25) is 13.9 Å². The number of hydrogen-bond donors (Lipinski definition) is 0. The summed E-state index contributed by atoms with van der Waals surface area (Å²) in [6.45, 7) is 5.85. The van der Waals surface area contributed by atoms with E-state index in [9.17, 15) is 9.59 Å². The third-order valence-electron chi connectivity index (χ3n) is 4.83. The molecule has 0 aliphatic carbocycles. The Morgan fingerprint density at radius 3 is 2.56 bits per heavy atom. The quantitative estimate of drug-likeness (QED) is 0.713. The summed E-state index contributed by atoms with van der Waals surface area (Å²) in [6.07, 6.45) is 0. The number of imidazole rings is 1. The Kier molecular flexibility index (Phi) is 3.52. The zero-order chi connectivity index (χ0) is 17.7. The molecule has 0 saturated heterocycles. The fourth-order valence-electron chi connectivity index (χ4n) is 3.61. The molecule has 7 nitrogen and oxygen atoms in total. The molecule has 0 amide bonds. The second-order valence-corrected chi connectivity index (χ2v) is 6.64. The SMILES string of the molecule is CCn1c(=O)c2c(nc3n2C[C@@H](C)CN3c2ccccc2)n(C)c1=O. The zero-order valence-electron chi connectivity index (χ0n) is 14.6. The Morgan fingerprint density at radius 1 is 1.16 bits per heavy atom. The summed E-state index contributed by atoms with van der Waals surface area (Å²) in [6, 6.07) is 10.0. The first-order valence-corrected chi connectivity index (χ1v) is 8.55. The van der Waals surface area contributed by atoms with Crippen LogP contribution in [0, 0.1) is 5.92 Å². The van der Waals surface area contributed by atoms with Gasteiger partial charge >= 0.3 is 5.69 Å². The molecule has 130 valence electrons. The van der Waals surface area contributed by atoms with Crippen LogP contribution in [0.2, 0.25) is 0 Å². The van der Waals surface area contributed by atoms with E-state index in [0.29, 0.717) is 30.2 Å². The summed E-state index contributed by atoms with van der Waals surface area (Å²) >= 11 is 0. The van der Waals surface area contributed by atoms with Crippen molar-refractivity contribution in [2.45, 2.75) is 26.9 Å². The molecule has 4 rings (SSSR count). The van der Waals surface area contributed by atoms with Gasteiger partial charge in [0, 0.05) is 32.4 Å². The van der Waals surface area contributed by atoms with Gasteiger partial charge in [-0.25, -0.2) is 4.79 Å². The van der Waals surface area contributed by atoms with Crippen molar-refractivity contribution in [3.05, 3.63) is 51.2 Å². The standard InChI is InChI=1S/C18H21N5O2/c1-4-21-16(24)14-15(20(3)18(21)25)19-17-22(10-12(2)11-23(14)17)13-8-6-5-7-9-13/h5-9,12H,4,10-11H2,1-3H3/t12-/m0/s1. The highest BCUT2D eigenvalue weighted by Gasteiger charge is 2.29. The van der Waals surface area contributed by atoms with Gasteiger partial charge in [0.2, 0.25) is 5.95 Å². The predicted molar refractivity (Wildman–Crippen MR) is 97.5 cm³/mol. The van der Waals surface area contributed by atoms with Crippen molar-refractivity contribution in [2.24, 2.45) is 13.0 Å². The molecule has 0 fully saturated rings. The lowest BCUT2D eigenvalue weighted by atomic mass is 10.1. The molecule has 1 aromatic carbocycles. The summed E-state index contributed by atoms with van der Waals surface area (Å²) in [5, 5.41) is 0. The number of benzene rings is 1. The third kappa shape index (κ3) is 2.22. The molecule has 0 spiro atoms. The number of nitrogens with zero attached hydrogens (tertiary/aromatic N) is 5. The van der Waals surface area contributed by atoms with Crippen LogP contribution in [-0.4, -0.2) is 25.2 Å². The first kappa shape index (κ1) is 15.7. The summed E-state index contributed by atoms with van der Waals surface area (Å²) in [7, 11) is 1.67. The molecule has 2 aromatic heterocycles. The summed E-state index contributed by atoms with van der Waals surface area (Å²) in [5.74, 6) is 1.08. The lowest BCUT2D eigenvalue weighted by Gasteiger charge is -2.32. The van der Waals surface area contributed by atoms with Gasteiger partial charge in [0.15, 0.2) is 11.2 Å². The molecule has 3 heterocycles. The zero-order valence-corrected chi connectivity index (χ0v) is 14.6. The summed E-state index contributed by atoms with van der Waals surface area (Å²) in [5.41, 5.74) is 1.40. The number of rotatable bonds is 2. The van der Waals surface area contributed by atoms with Gasteiger partial charge in [-0.2, -0.15) is 4.98 Å². The number of fused-ring (bicyclic) bond motifs is 3. The van der Waals surface area contributed by atoms with Crippen molar-refractivity contribution < 1.29 is 0 Å². The van der Waals surface area contributed by atoms with Gasteiger partial charge in [0.25, 0.3) is 5.56 Å². The van der Waals surface area contributed by atoms with Gasteiger partial charge in [-0.15, -0.1) is 0 Å². The molecule has 0 saturated carbocycles. The molecule has 0 bridgehead atoms. The van der Waals surface area contributed by atoms with Crippen molar-refractivity contribution in [1.29, 1.82) is 0 Å². The van der Waals surface area contributed by atoms with Gasteiger partial charge in [-0.1, -0.05) is 25.1 Å². The normalized spacial score (nSPS) is 17.1. The van der Waals surface area contributed by atoms with E-state index in [0.717, 1.165) is 18.2 Å². The second kappa shape index (κ2) is 5.61. The Labute approximate surface area is 144 Å². The summed E-state index contributed by atoms with van der Waals surface area (Å²) in [4.78, 5) is 32.1. The van der Waals surface area contributed by atoms with E-state index >= 15 is 0 Å². The third-order valence-corrected chi connectivity index (χ3v) is 4.83. The second-order valence-electron chi connectivity index (χ2n) is 6.64. The van der Waals surface area contributed by atoms with Gasteiger partial charge in [0.1, 0.15) is 0 Å². The minimum Gasteiger partial charge on any atom is -0.312 e. The van der Waals surface area contributed by atoms with E-state index < -0.39 is 0 Å². The van der Waals surface area contributed by atoms with E-state index in [1.807, 2.05) is 34.9 Å². The number of para-hydroxylation sites is 1. The lowest BCUT2D eigenvalue weighted by molar-refractivity contribution is 0.458. The van der Waals surface area contributed by atoms with Gasteiger partial charge < -0.3 is 9.47 Å². The van der Waals surface area contributed by atoms with Crippen molar-refractivity contribution in [3.63, 3.8) is 0 Å². The Morgan fingerprint density at radius 2 is 1.88 bits per heavy atom. The first-order chi connectivity index (χ1) is 12.0. The molecule has 0 N–H and O–H groups in total. The lowest BCUT2D eigenvalue weighted by Crippen LogP contribution is -2.40. The number of aromatic nitrogens is 4. The van der Waals surface area contributed by atoms with Gasteiger partial charge in [0.05, 0.1) is 0 Å². The highest BCUT2D eigenvalue weighted by Crippen LogP contribution is 2.32. The fourth-order valence-corrected chi connectivity index (χ4v) is 3.61. The number of hydrogen-bond acceptors (Lipinski definition) is 4. The van der Waals surface area contributed by atoms with E-state index in [1.54, 1.807) is 14.0 Å². The molecule has 1 atom stereocenters. The summed E-state index contributed by atoms with van der Waals surface area (Å²) < 4.78 is 4.70. The molecular weight excluding hydrogens is 318 g/mol. The first-order valence-electron chi connectivity index (χ1n) is 8.55. The largest absolute Gasteiger partial charge is 0.332 e. The van der Waals surface area contributed by atoms with Crippen LogP contribution in [-0.2, 0) is 20.1 Å². The smallest absolute Gasteiger partial charge is 0.312 e. The van der Waals surface area contributed by atoms with Crippen LogP contribution >= 0.6 is 0 Å². The van der Waals surface area contributed by atoms with Gasteiger partial charge in [-0.05, 0) is 25.0 Å². The molecule has 3 aromatic rings. The van der Waals surface area contributed by atoms with Crippen LogP contribution in [0.3, 0.4) is 0 Å². The van der Waals surface area contributed by atoms with Crippen LogP contribution in [0.15, 0.2) is 39.9 Å². The van der Waals surface area contributed by atoms with Crippen molar-refractivity contribution in [1.82, 2.24) is 18.7 Å². The maximum atomic E-state index is 12.9. The average Bonchev–Trinajstić information content (AvgIpc) is 3.00. The molecular formula is C18H21N5O2. The minimum atomic E-state index is -0.324. The fraction of sp³-hybridized carbons (Fsp3) is 0.389. The minimum absolute atomic E-state index is 0.263. The van der Waals surface area contributed by atoms with E-state index in [4.69, 9.17) is 0 Å². The molecule has 1 aliphatic rings. The van der Waals surface area contributed by atoms with Crippen LogP contribution in [0.1, 0.15) is 13.8 Å². The maximum Gasteiger partial charge on any atom is 0.332 e. The number of anilines is 2. The van der Waals surface area contributed by atoms with Crippen molar-refractivity contribution in [3.8, 4) is 0 Å². The number of aryl methyl sites for hydroxylation is 1. The Bertz CT molecular complexity index is 1060. The van der Waals surface area contributed by atoms with Crippen LogP contribution in [0.25, 0.3) is 11.2 Å². The molecule has 0 radical (unpaired) electrons. The Hall–Kier alpha value is -2.83. The van der Waals surface area contributed by atoms with Crippen LogP contribution in [0.4, 0.5) is 11.6 Å². The Balaban J connectivity index is 2.06. The van der Waals surface area contributed by atoms with Crippen LogP contribution < -0.4 is 16.1 Å². The van der Waals surface area contributed by atoms with E-state index in [1.165, 1.54) is 9.13 Å². The van der Waals surface area contributed by atoms with E-state index in [2.05, 4.69) is 16.8 Å². The molecule has 25 heavy (non-hydrogen) atoms. The van der Waals surface area contributed by atoms with Crippen molar-refractivity contribution >= 4 is 22.8 Å². The topological polar surface area (TPSA) is 65.1 Å². The highest BCUT2D eigenvalue weighted by atomic mass is 16.2. The molecule has 1 aliphatic heterocycles. The van der Waals surface area contributed by atoms with Crippen molar-refractivity contribution in [2.75, 3.05) is 11.4 Å². The highest BCUT2D eigenvalue weighted by molar-refractivity contribution is 5.77. The monoisotopic (exact) mass is 339 g/mol. The molecule has 0 unspecified atom stereocenters. The average molecular weight is 339 g/mol.